The van der Waals surface area contributed by atoms with Gasteiger partial charge in [-0.15, -0.1) is 0 Å². The molecule has 2 rings (SSSR count). The van der Waals surface area contributed by atoms with Crippen molar-refractivity contribution in [3.63, 3.8) is 0 Å². The number of aryl methyl sites for hydroxylation is 1. The Morgan fingerprint density at radius 1 is 1.14 bits per heavy atom. The third-order valence-electron chi connectivity index (χ3n) is 3.14. The van der Waals surface area contributed by atoms with E-state index in [2.05, 4.69) is 20.7 Å². The molecule has 21 heavy (non-hydrogen) atoms. The number of benzene rings is 2. The highest BCUT2D eigenvalue weighted by Crippen LogP contribution is 2.22. The molecule has 0 aliphatic heterocycles. The van der Waals surface area contributed by atoms with Gasteiger partial charge in [-0.2, -0.15) is 0 Å². The molecule has 0 amide bonds. The van der Waals surface area contributed by atoms with Crippen molar-refractivity contribution in [2.24, 2.45) is 0 Å². The van der Waals surface area contributed by atoms with Gasteiger partial charge in [-0.1, -0.05) is 39.7 Å². The first-order chi connectivity index (χ1) is 9.79. The van der Waals surface area contributed by atoms with E-state index in [0.29, 0.717) is 5.02 Å². The summed E-state index contributed by atoms with van der Waals surface area (Å²) in [5.74, 6) is 0. The summed E-state index contributed by atoms with van der Waals surface area (Å²) in [5.41, 5.74) is 1.73. The van der Waals surface area contributed by atoms with Gasteiger partial charge in [-0.3, -0.25) is 0 Å². The number of nitrogens with one attached hydrogen (secondary N) is 1. The first kappa shape index (κ1) is 16.5. The van der Waals surface area contributed by atoms with Gasteiger partial charge in [-0.25, -0.2) is 13.1 Å². The van der Waals surface area contributed by atoms with Crippen LogP contribution in [0.3, 0.4) is 0 Å². The number of hydrogen-bond donors (Lipinski definition) is 1. The Kier molecular flexibility index (Phi) is 5.09. The van der Waals surface area contributed by atoms with E-state index in [-0.39, 0.29) is 10.9 Å². The molecule has 1 atom stereocenters. The molecule has 0 radical (unpaired) electrons. The molecule has 2 aromatic rings. The van der Waals surface area contributed by atoms with Crippen molar-refractivity contribution in [3.05, 3.63) is 63.1 Å². The third-order valence-corrected chi connectivity index (χ3v) is 5.82. The lowest BCUT2D eigenvalue weighted by Crippen LogP contribution is -2.26. The molecule has 0 saturated heterocycles. The van der Waals surface area contributed by atoms with Crippen LogP contribution in [0.25, 0.3) is 0 Å². The number of rotatable bonds is 4. The van der Waals surface area contributed by atoms with Gasteiger partial charge < -0.3 is 0 Å². The lowest BCUT2D eigenvalue weighted by Gasteiger charge is -2.15. The Balaban J connectivity index is 2.24. The summed E-state index contributed by atoms with van der Waals surface area (Å²) in [6.45, 7) is 3.65. The van der Waals surface area contributed by atoms with Crippen LogP contribution >= 0.6 is 27.5 Å². The van der Waals surface area contributed by atoms with E-state index in [4.69, 9.17) is 11.6 Å². The number of sulfonamides is 1. The predicted molar refractivity (Wildman–Crippen MR) is 89.1 cm³/mol. The van der Waals surface area contributed by atoms with Gasteiger partial charge in [0.1, 0.15) is 0 Å². The molecule has 0 spiro atoms. The molecule has 3 nitrogen and oxygen atoms in total. The van der Waals surface area contributed by atoms with Crippen LogP contribution in [0.5, 0.6) is 0 Å². The minimum Gasteiger partial charge on any atom is -0.207 e. The summed E-state index contributed by atoms with van der Waals surface area (Å²) in [7, 11) is -3.56. The van der Waals surface area contributed by atoms with Gasteiger partial charge in [-0.05, 0) is 55.3 Å². The van der Waals surface area contributed by atoms with Crippen molar-refractivity contribution in [1.29, 1.82) is 0 Å². The van der Waals surface area contributed by atoms with Gasteiger partial charge in [0.2, 0.25) is 10.0 Å². The van der Waals surface area contributed by atoms with Crippen LogP contribution in [0.4, 0.5) is 0 Å². The molecule has 112 valence electrons. The largest absolute Gasteiger partial charge is 0.241 e. The SMILES string of the molecule is Cc1cc(S(=O)(=O)NC(C)c2ccc(Cl)cc2)ccc1Br. The molecule has 0 heterocycles. The maximum absolute atomic E-state index is 12.4. The molecule has 1 unspecified atom stereocenters. The minimum atomic E-state index is -3.56. The molecular weight excluding hydrogens is 374 g/mol. The van der Waals surface area contributed by atoms with E-state index in [0.717, 1.165) is 15.6 Å². The zero-order valence-electron chi connectivity index (χ0n) is 11.6. The fourth-order valence-corrected chi connectivity index (χ4v) is 3.59. The summed E-state index contributed by atoms with van der Waals surface area (Å²) in [6.07, 6.45) is 0. The Hall–Kier alpha value is -0.880. The van der Waals surface area contributed by atoms with Crippen LogP contribution in [0.15, 0.2) is 51.8 Å². The molecule has 6 heteroatoms. The Labute approximate surface area is 138 Å². The second kappa shape index (κ2) is 6.48. The highest BCUT2D eigenvalue weighted by Gasteiger charge is 2.18. The zero-order valence-corrected chi connectivity index (χ0v) is 14.8. The van der Waals surface area contributed by atoms with Crippen LogP contribution in [0.2, 0.25) is 5.02 Å². The van der Waals surface area contributed by atoms with Crippen LogP contribution in [-0.2, 0) is 10.0 Å². The second-order valence-electron chi connectivity index (χ2n) is 4.81. The molecule has 0 bridgehead atoms. The smallest absolute Gasteiger partial charge is 0.207 e. The lowest BCUT2D eigenvalue weighted by atomic mass is 10.1. The van der Waals surface area contributed by atoms with E-state index in [1.165, 1.54) is 0 Å². The fourth-order valence-electron chi connectivity index (χ4n) is 1.90. The molecule has 0 saturated carbocycles. The lowest BCUT2D eigenvalue weighted by molar-refractivity contribution is 0.567. The van der Waals surface area contributed by atoms with Gasteiger partial charge in [0, 0.05) is 15.5 Å². The monoisotopic (exact) mass is 387 g/mol. The van der Waals surface area contributed by atoms with E-state index in [1.54, 1.807) is 37.3 Å². The normalized spacial score (nSPS) is 13.1. The molecular formula is C15H15BrClNO2S. The van der Waals surface area contributed by atoms with Crippen molar-refractivity contribution in [1.82, 2.24) is 4.72 Å². The molecule has 1 N–H and O–H groups in total. The molecule has 0 aromatic heterocycles. The first-order valence-electron chi connectivity index (χ1n) is 6.33. The summed E-state index contributed by atoms with van der Waals surface area (Å²) >= 11 is 9.20. The fraction of sp³-hybridized carbons (Fsp3) is 0.200. The van der Waals surface area contributed by atoms with Gasteiger partial charge >= 0.3 is 0 Å². The van der Waals surface area contributed by atoms with Crippen molar-refractivity contribution in [2.45, 2.75) is 24.8 Å². The number of hydrogen-bond acceptors (Lipinski definition) is 2. The van der Waals surface area contributed by atoms with E-state index in [9.17, 15) is 8.42 Å². The Morgan fingerprint density at radius 3 is 2.33 bits per heavy atom. The minimum absolute atomic E-state index is 0.254. The van der Waals surface area contributed by atoms with E-state index >= 15 is 0 Å². The van der Waals surface area contributed by atoms with E-state index < -0.39 is 10.0 Å². The van der Waals surface area contributed by atoms with Crippen LogP contribution in [-0.4, -0.2) is 8.42 Å². The van der Waals surface area contributed by atoms with E-state index in [1.807, 2.05) is 19.1 Å². The Bertz CT molecular complexity index is 745. The van der Waals surface area contributed by atoms with Crippen LogP contribution in [0.1, 0.15) is 24.1 Å². The molecule has 0 aliphatic carbocycles. The van der Waals surface area contributed by atoms with Gasteiger partial charge in [0.05, 0.1) is 4.90 Å². The maximum atomic E-state index is 12.4. The van der Waals surface area contributed by atoms with Crippen molar-refractivity contribution >= 4 is 37.6 Å². The average Bonchev–Trinajstić information content (AvgIpc) is 2.42. The first-order valence-corrected chi connectivity index (χ1v) is 8.99. The average molecular weight is 389 g/mol. The van der Waals surface area contributed by atoms with Gasteiger partial charge in [0.15, 0.2) is 0 Å². The summed E-state index contributed by atoms with van der Waals surface area (Å²) in [6, 6.07) is 11.7. The van der Waals surface area contributed by atoms with Crippen molar-refractivity contribution in [3.8, 4) is 0 Å². The summed E-state index contributed by atoms with van der Waals surface area (Å²) in [5, 5.41) is 0.623. The van der Waals surface area contributed by atoms with Crippen molar-refractivity contribution in [2.75, 3.05) is 0 Å². The van der Waals surface area contributed by atoms with Crippen LogP contribution < -0.4 is 4.72 Å². The predicted octanol–water partition coefficient (Wildman–Crippen LogP) is 4.45. The molecule has 2 aromatic carbocycles. The quantitative estimate of drug-likeness (QED) is 0.841. The second-order valence-corrected chi connectivity index (χ2v) is 7.81. The topological polar surface area (TPSA) is 46.2 Å². The highest BCUT2D eigenvalue weighted by molar-refractivity contribution is 9.10. The summed E-state index contributed by atoms with van der Waals surface area (Å²) in [4.78, 5) is 0.254. The summed E-state index contributed by atoms with van der Waals surface area (Å²) < 4.78 is 28.3. The standard InChI is InChI=1S/C15H15BrClNO2S/c1-10-9-14(7-8-15(10)16)21(19,20)18-11(2)12-3-5-13(17)6-4-12/h3-9,11,18H,1-2H3. The van der Waals surface area contributed by atoms with Crippen LogP contribution in [0, 0.1) is 6.92 Å². The van der Waals surface area contributed by atoms with Crippen molar-refractivity contribution < 1.29 is 8.42 Å². The third kappa shape index (κ3) is 4.07. The maximum Gasteiger partial charge on any atom is 0.241 e. The zero-order chi connectivity index (χ0) is 15.6. The van der Waals surface area contributed by atoms with Gasteiger partial charge in [0.25, 0.3) is 0 Å². The molecule has 0 fully saturated rings. The molecule has 0 aliphatic rings. The number of halogens is 2. The Morgan fingerprint density at radius 2 is 1.76 bits per heavy atom. The highest BCUT2D eigenvalue weighted by atomic mass is 79.9.